The highest BCUT2D eigenvalue weighted by Gasteiger charge is 2.39. The Morgan fingerprint density at radius 2 is 1.73 bits per heavy atom. The van der Waals surface area contributed by atoms with Crippen molar-refractivity contribution in [3.63, 3.8) is 0 Å². The number of nitrogens with zero attached hydrogens (tertiary/aromatic N) is 1. The second kappa shape index (κ2) is 13.9. The van der Waals surface area contributed by atoms with Crippen LogP contribution in [0.1, 0.15) is 86.4 Å². The number of H-pyrrole nitrogens is 1. The fourth-order valence-electron chi connectivity index (χ4n) is 5.67. The minimum Gasteiger partial charge on any atom is -0.488 e. The van der Waals surface area contributed by atoms with E-state index in [0.29, 0.717) is 31.0 Å². The SMILES string of the molecule is CCOC(=O)C(C)(C)Cc1[nH]c2ccc(O[C@@H](Cc3ccc(Cl)cc3)C3CCCN3C(=O)OC(C)(C)C)cc2c1SC(C)(C)C. The van der Waals surface area contributed by atoms with Crippen LogP contribution >= 0.6 is 23.4 Å². The van der Waals surface area contributed by atoms with Crippen LogP contribution in [0.15, 0.2) is 47.4 Å². The van der Waals surface area contributed by atoms with E-state index in [1.54, 1.807) is 11.8 Å². The number of halogens is 1. The Labute approximate surface area is 277 Å². The molecule has 7 nitrogen and oxygen atoms in total. The molecular weight excluding hydrogens is 608 g/mol. The Kier molecular flexibility index (Phi) is 10.8. The van der Waals surface area contributed by atoms with E-state index >= 15 is 0 Å². The Balaban J connectivity index is 1.71. The molecule has 1 amide bonds. The van der Waals surface area contributed by atoms with Gasteiger partial charge < -0.3 is 24.1 Å². The number of likely N-dealkylation sites (tertiary alicyclic amines) is 1. The molecule has 2 atom stereocenters. The highest BCUT2D eigenvalue weighted by molar-refractivity contribution is 8.00. The zero-order chi connectivity index (χ0) is 33.2. The van der Waals surface area contributed by atoms with Crippen LogP contribution in [0.4, 0.5) is 4.79 Å². The number of amides is 1. The molecule has 2 heterocycles. The van der Waals surface area contributed by atoms with E-state index in [2.05, 4.69) is 31.8 Å². The molecule has 9 heteroatoms. The van der Waals surface area contributed by atoms with Crippen molar-refractivity contribution in [3.8, 4) is 5.75 Å². The van der Waals surface area contributed by atoms with E-state index in [1.807, 2.05) is 82.8 Å². The standard InChI is InChI=1S/C36H49ClN2O5S/c1-10-42-32(40)36(8,9)22-28-31(45-35(5,6)7)26-21-25(17-18-27(26)38-28)43-30(20-23-13-15-24(37)16-14-23)29-12-11-19-39(29)33(41)44-34(2,3)4/h13-18,21,29-30,38H,10-12,19-20,22H2,1-9H3/t29?,30-/m0/s1. The molecule has 1 unspecified atom stereocenters. The quantitative estimate of drug-likeness (QED) is 0.173. The molecule has 246 valence electrons. The Hall–Kier alpha value is -2.84. The number of aromatic nitrogens is 1. The smallest absolute Gasteiger partial charge is 0.410 e. The van der Waals surface area contributed by atoms with Crippen LogP contribution in [0.25, 0.3) is 10.9 Å². The lowest BCUT2D eigenvalue weighted by Crippen LogP contribution is -2.47. The maximum Gasteiger partial charge on any atom is 0.410 e. The summed E-state index contributed by atoms with van der Waals surface area (Å²) in [4.78, 5) is 32.6. The van der Waals surface area contributed by atoms with Crippen LogP contribution in [0.2, 0.25) is 5.02 Å². The molecule has 1 N–H and O–H groups in total. The molecule has 1 aliphatic rings. The van der Waals surface area contributed by atoms with Crippen molar-refractivity contribution in [1.29, 1.82) is 0 Å². The molecule has 1 saturated heterocycles. The van der Waals surface area contributed by atoms with Gasteiger partial charge in [0, 0.05) is 50.6 Å². The number of thioether (sulfide) groups is 1. The molecule has 0 aliphatic carbocycles. The van der Waals surface area contributed by atoms with Crippen LogP contribution in [-0.2, 0) is 27.1 Å². The number of fused-ring (bicyclic) bond motifs is 1. The average molecular weight is 657 g/mol. The van der Waals surface area contributed by atoms with E-state index < -0.39 is 11.0 Å². The minimum absolute atomic E-state index is 0.0658. The molecule has 0 radical (unpaired) electrons. The fraction of sp³-hybridized carbons (Fsp3) is 0.556. The van der Waals surface area contributed by atoms with Crippen LogP contribution in [-0.4, -0.2) is 57.6 Å². The number of hydrogen-bond donors (Lipinski definition) is 1. The van der Waals surface area contributed by atoms with Crippen LogP contribution in [0.3, 0.4) is 0 Å². The van der Waals surface area contributed by atoms with Gasteiger partial charge in [-0.05, 0) is 90.3 Å². The van der Waals surface area contributed by atoms with Gasteiger partial charge in [0.15, 0.2) is 0 Å². The summed E-state index contributed by atoms with van der Waals surface area (Å²) in [5.74, 6) is 0.513. The van der Waals surface area contributed by atoms with E-state index in [-0.39, 0.29) is 29.0 Å². The van der Waals surface area contributed by atoms with Crippen molar-refractivity contribution >= 4 is 46.3 Å². The lowest BCUT2D eigenvalue weighted by Gasteiger charge is -2.33. The number of hydrogen-bond acceptors (Lipinski definition) is 6. The van der Waals surface area contributed by atoms with E-state index in [9.17, 15) is 9.59 Å². The average Bonchev–Trinajstić information content (AvgIpc) is 3.53. The number of benzene rings is 2. The fourth-order valence-corrected chi connectivity index (χ4v) is 6.94. The first-order valence-electron chi connectivity index (χ1n) is 15.9. The molecule has 1 aromatic heterocycles. The zero-order valence-corrected chi connectivity index (χ0v) is 29.8. The summed E-state index contributed by atoms with van der Waals surface area (Å²) < 4.78 is 17.9. The van der Waals surface area contributed by atoms with Gasteiger partial charge >= 0.3 is 12.1 Å². The number of aromatic amines is 1. The zero-order valence-electron chi connectivity index (χ0n) is 28.2. The molecule has 3 aromatic rings. The maximum atomic E-state index is 13.3. The molecule has 1 fully saturated rings. The summed E-state index contributed by atoms with van der Waals surface area (Å²) in [6.07, 6.45) is 2.21. The predicted octanol–water partition coefficient (Wildman–Crippen LogP) is 9.23. The highest BCUT2D eigenvalue weighted by atomic mass is 35.5. The van der Waals surface area contributed by atoms with E-state index in [1.165, 1.54) is 0 Å². The van der Waals surface area contributed by atoms with Crippen molar-refractivity contribution in [1.82, 2.24) is 9.88 Å². The van der Waals surface area contributed by atoms with Gasteiger partial charge in [-0.25, -0.2) is 4.79 Å². The Morgan fingerprint density at radius 3 is 2.36 bits per heavy atom. The summed E-state index contributed by atoms with van der Waals surface area (Å²) in [7, 11) is 0. The molecule has 0 saturated carbocycles. The van der Waals surface area contributed by atoms with Gasteiger partial charge in [-0.15, -0.1) is 11.8 Å². The number of carbonyl (C=O) groups is 2. The molecule has 45 heavy (non-hydrogen) atoms. The highest BCUT2D eigenvalue weighted by Crippen LogP contribution is 2.43. The largest absolute Gasteiger partial charge is 0.488 e. The lowest BCUT2D eigenvalue weighted by atomic mass is 9.88. The molecule has 0 bridgehead atoms. The Bertz CT molecular complexity index is 1490. The van der Waals surface area contributed by atoms with Crippen molar-refractivity contribution in [2.75, 3.05) is 13.2 Å². The summed E-state index contributed by atoms with van der Waals surface area (Å²) in [5.41, 5.74) is 1.78. The topological polar surface area (TPSA) is 80.9 Å². The number of rotatable bonds is 10. The van der Waals surface area contributed by atoms with Gasteiger partial charge in [-0.3, -0.25) is 4.79 Å². The van der Waals surface area contributed by atoms with E-state index in [4.69, 9.17) is 25.8 Å². The first kappa shape index (κ1) is 35.0. The second-order valence-corrected chi connectivity index (χ2v) is 16.8. The van der Waals surface area contributed by atoms with Gasteiger partial charge in [0.1, 0.15) is 17.5 Å². The van der Waals surface area contributed by atoms with Crippen molar-refractivity contribution in [3.05, 3.63) is 58.7 Å². The van der Waals surface area contributed by atoms with Crippen molar-refractivity contribution in [2.45, 2.75) is 115 Å². The molecule has 1 aliphatic heterocycles. The first-order chi connectivity index (χ1) is 21.0. The summed E-state index contributed by atoms with van der Waals surface area (Å²) >= 11 is 7.97. The number of carbonyl (C=O) groups excluding carboxylic acids is 2. The predicted molar refractivity (Wildman–Crippen MR) is 184 cm³/mol. The third-order valence-electron chi connectivity index (χ3n) is 7.64. The molecule has 4 rings (SSSR count). The Morgan fingerprint density at radius 1 is 1.04 bits per heavy atom. The van der Waals surface area contributed by atoms with Crippen LogP contribution in [0, 0.1) is 5.41 Å². The first-order valence-corrected chi connectivity index (χ1v) is 17.1. The normalized spacial score (nSPS) is 16.6. The molecule has 2 aromatic carbocycles. The van der Waals surface area contributed by atoms with Gasteiger partial charge in [0.2, 0.25) is 0 Å². The van der Waals surface area contributed by atoms with E-state index in [0.717, 1.165) is 45.6 Å². The maximum absolute atomic E-state index is 13.3. The van der Waals surface area contributed by atoms with Crippen LogP contribution in [0.5, 0.6) is 5.75 Å². The van der Waals surface area contributed by atoms with Crippen LogP contribution < -0.4 is 4.74 Å². The third-order valence-corrected chi connectivity index (χ3v) is 9.18. The van der Waals surface area contributed by atoms with Crippen molar-refractivity contribution < 1.29 is 23.8 Å². The third kappa shape index (κ3) is 9.35. The molecule has 0 spiro atoms. The summed E-state index contributed by atoms with van der Waals surface area (Å²) in [5, 5.41) is 1.72. The minimum atomic E-state index is -0.694. The van der Waals surface area contributed by atoms with Gasteiger partial charge in [-0.1, -0.05) is 44.5 Å². The second-order valence-electron chi connectivity index (χ2n) is 14.5. The number of nitrogens with one attached hydrogen (secondary N) is 1. The number of esters is 1. The van der Waals surface area contributed by atoms with Gasteiger partial charge in [-0.2, -0.15) is 0 Å². The van der Waals surface area contributed by atoms with Crippen molar-refractivity contribution in [2.24, 2.45) is 5.41 Å². The summed E-state index contributed by atoms with van der Waals surface area (Å²) in [6.45, 7) is 18.9. The molecular formula is C36H49ClN2O5S. The number of ether oxygens (including phenoxy) is 3. The lowest BCUT2D eigenvalue weighted by molar-refractivity contribution is -0.153. The summed E-state index contributed by atoms with van der Waals surface area (Å²) in [6, 6.07) is 13.7. The van der Waals surface area contributed by atoms with Gasteiger partial charge in [0.25, 0.3) is 0 Å². The van der Waals surface area contributed by atoms with Gasteiger partial charge in [0.05, 0.1) is 18.1 Å². The monoisotopic (exact) mass is 656 g/mol.